The summed E-state index contributed by atoms with van der Waals surface area (Å²) in [5, 5.41) is 0. The van der Waals surface area contributed by atoms with Gasteiger partial charge < -0.3 is 4.74 Å². The summed E-state index contributed by atoms with van der Waals surface area (Å²) in [4.78, 5) is 12.3. The predicted molar refractivity (Wildman–Crippen MR) is 69.2 cm³/mol. The molecule has 0 unspecified atom stereocenters. The van der Waals surface area contributed by atoms with Gasteiger partial charge in [-0.3, -0.25) is 4.40 Å². The molecule has 3 aromatic rings. The van der Waals surface area contributed by atoms with Gasteiger partial charge in [0, 0.05) is 30.9 Å². The Morgan fingerprint density at radius 2 is 2.21 bits per heavy atom. The summed E-state index contributed by atoms with van der Waals surface area (Å²) >= 11 is 3.33. The fraction of sp³-hybridized carbons (Fsp3) is 0.0833. The Hall–Kier alpha value is -2.02. The molecule has 0 aliphatic heterocycles. The third-order valence-corrected chi connectivity index (χ3v) is 2.80. The number of fused-ring (bicyclic) bond motifs is 1. The Balaban J connectivity index is 1.78. The minimum Gasteiger partial charge on any atom is -0.471 e. The van der Waals surface area contributed by atoms with E-state index in [0.29, 0.717) is 11.5 Å². The molecule has 0 N–H and O–H groups in total. The number of rotatable bonds is 3. The number of pyridine rings is 1. The van der Waals surface area contributed by atoms with Crippen LogP contribution in [0.5, 0.6) is 5.88 Å². The average molecular weight is 323 g/mol. The van der Waals surface area contributed by atoms with Crippen LogP contribution in [0.1, 0.15) is 5.69 Å². The Morgan fingerprint density at radius 1 is 1.32 bits per heavy atom. The van der Waals surface area contributed by atoms with Crippen molar-refractivity contribution in [3.63, 3.8) is 0 Å². The molecule has 3 rings (SSSR count). The number of hydrogen-bond acceptors (Lipinski definition) is 4. The number of hydrogen-bond donors (Lipinski definition) is 0. The average Bonchev–Trinajstić information content (AvgIpc) is 2.78. The van der Waals surface area contributed by atoms with Crippen LogP contribution in [-0.2, 0) is 6.61 Å². The van der Waals surface area contributed by atoms with Crippen molar-refractivity contribution in [2.24, 2.45) is 0 Å². The molecule has 3 aromatic heterocycles. The maximum atomic E-state index is 12.9. The maximum Gasteiger partial charge on any atom is 0.234 e. The van der Waals surface area contributed by atoms with Gasteiger partial charge in [-0.25, -0.2) is 19.3 Å². The lowest BCUT2D eigenvalue weighted by atomic mass is 10.4. The molecule has 0 saturated heterocycles. The van der Waals surface area contributed by atoms with E-state index in [1.165, 1.54) is 18.3 Å². The van der Waals surface area contributed by atoms with Gasteiger partial charge in [0.1, 0.15) is 12.4 Å². The summed E-state index contributed by atoms with van der Waals surface area (Å²) in [6, 6.07) is 2.49. The maximum absolute atomic E-state index is 12.9. The fourth-order valence-corrected chi connectivity index (χ4v) is 1.91. The van der Waals surface area contributed by atoms with Crippen LogP contribution in [0.3, 0.4) is 0 Å². The minimum absolute atomic E-state index is 0.206. The third kappa shape index (κ3) is 2.70. The van der Waals surface area contributed by atoms with Gasteiger partial charge in [0.05, 0.1) is 10.2 Å². The molecule has 0 spiro atoms. The zero-order valence-electron chi connectivity index (χ0n) is 9.62. The summed E-state index contributed by atoms with van der Waals surface area (Å²) < 4.78 is 21.0. The van der Waals surface area contributed by atoms with E-state index in [9.17, 15) is 4.39 Å². The van der Waals surface area contributed by atoms with Crippen LogP contribution in [0.25, 0.3) is 5.78 Å². The highest BCUT2D eigenvalue weighted by molar-refractivity contribution is 9.10. The number of aromatic nitrogens is 4. The van der Waals surface area contributed by atoms with E-state index in [0.717, 1.165) is 4.47 Å². The van der Waals surface area contributed by atoms with Gasteiger partial charge in [-0.1, -0.05) is 0 Å². The Kier molecular flexibility index (Phi) is 3.12. The highest BCUT2D eigenvalue weighted by Gasteiger charge is 2.05. The Labute approximate surface area is 116 Å². The van der Waals surface area contributed by atoms with Crippen molar-refractivity contribution in [1.29, 1.82) is 0 Å². The van der Waals surface area contributed by atoms with Gasteiger partial charge in [-0.15, -0.1) is 0 Å². The minimum atomic E-state index is -0.384. The van der Waals surface area contributed by atoms with Crippen LogP contribution in [0, 0.1) is 5.82 Å². The first-order valence-corrected chi connectivity index (χ1v) is 6.23. The number of halogens is 2. The smallest absolute Gasteiger partial charge is 0.234 e. The van der Waals surface area contributed by atoms with Crippen LogP contribution in [0.4, 0.5) is 4.39 Å². The van der Waals surface area contributed by atoms with Crippen LogP contribution in [0.15, 0.2) is 41.4 Å². The van der Waals surface area contributed by atoms with Crippen molar-refractivity contribution in [2.75, 3.05) is 0 Å². The molecule has 0 aliphatic carbocycles. The van der Waals surface area contributed by atoms with E-state index >= 15 is 0 Å². The molecule has 0 amide bonds. The molecule has 0 saturated carbocycles. The second-order valence-corrected chi connectivity index (χ2v) is 4.73. The molecule has 19 heavy (non-hydrogen) atoms. The highest BCUT2D eigenvalue weighted by atomic mass is 79.9. The van der Waals surface area contributed by atoms with E-state index in [1.54, 1.807) is 16.8 Å². The van der Waals surface area contributed by atoms with Crippen LogP contribution < -0.4 is 4.74 Å². The van der Waals surface area contributed by atoms with Crippen LogP contribution in [-0.4, -0.2) is 19.4 Å². The normalized spacial score (nSPS) is 10.8. The van der Waals surface area contributed by atoms with Crippen molar-refractivity contribution < 1.29 is 9.13 Å². The van der Waals surface area contributed by atoms with Crippen molar-refractivity contribution in [3.8, 4) is 5.88 Å². The number of ether oxygens (including phenoxy) is 1. The van der Waals surface area contributed by atoms with E-state index in [-0.39, 0.29) is 18.3 Å². The van der Waals surface area contributed by atoms with Crippen LogP contribution in [0.2, 0.25) is 0 Å². The van der Waals surface area contributed by atoms with E-state index in [1.807, 2.05) is 6.20 Å². The second-order valence-electron chi connectivity index (χ2n) is 3.81. The lowest BCUT2D eigenvalue weighted by molar-refractivity contribution is 0.288. The summed E-state index contributed by atoms with van der Waals surface area (Å²) in [6.45, 7) is 0.206. The van der Waals surface area contributed by atoms with Gasteiger partial charge >= 0.3 is 0 Å². The van der Waals surface area contributed by atoms with Gasteiger partial charge in [-0.05, 0) is 22.0 Å². The summed E-state index contributed by atoms with van der Waals surface area (Å²) in [5.41, 5.74) is 0.691. The molecule has 3 heterocycles. The zero-order chi connectivity index (χ0) is 13.2. The lowest BCUT2D eigenvalue weighted by Gasteiger charge is -2.01. The third-order valence-electron chi connectivity index (χ3n) is 2.39. The van der Waals surface area contributed by atoms with Gasteiger partial charge in [0.2, 0.25) is 11.7 Å². The molecule has 0 aliphatic rings. The van der Waals surface area contributed by atoms with Gasteiger partial charge in [0.25, 0.3) is 0 Å². The number of imidazole rings is 1. The highest BCUT2D eigenvalue weighted by Crippen LogP contribution is 2.12. The monoisotopic (exact) mass is 322 g/mol. The topological polar surface area (TPSA) is 52.3 Å². The summed E-state index contributed by atoms with van der Waals surface area (Å²) in [7, 11) is 0. The largest absolute Gasteiger partial charge is 0.471 e. The zero-order valence-corrected chi connectivity index (χ0v) is 11.2. The predicted octanol–water partition coefficient (Wildman–Crippen LogP) is 2.60. The summed E-state index contributed by atoms with van der Waals surface area (Å²) in [5.74, 6) is 0.422. The molecule has 0 fully saturated rings. The van der Waals surface area contributed by atoms with Crippen molar-refractivity contribution >= 4 is 21.7 Å². The molecular formula is C12H8BrFN4O. The van der Waals surface area contributed by atoms with E-state index in [4.69, 9.17) is 4.74 Å². The van der Waals surface area contributed by atoms with Crippen molar-refractivity contribution in [3.05, 3.63) is 52.9 Å². The molecule has 0 radical (unpaired) electrons. The van der Waals surface area contributed by atoms with Gasteiger partial charge in [0.15, 0.2) is 0 Å². The van der Waals surface area contributed by atoms with Crippen molar-refractivity contribution in [1.82, 2.24) is 19.4 Å². The van der Waals surface area contributed by atoms with Crippen LogP contribution >= 0.6 is 15.9 Å². The second kappa shape index (κ2) is 4.93. The van der Waals surface area contributed by atoms with E-state index in [2.05, 4.69) is 30.9 Å². The summed E-state index contributed by atoms with van der Waals surface area (Å²) in [6.07, 6.45) is 6.67. The Bertz CT molecular complexity index is 731. The Morgan fingerprint density at radius 3 is 3.05 bits per heavy atom. The quantitative estimate of drug-likeness (QED) is 0.743. The molecule has 96 valence electrons. The lowest BCUT2D eigenvalue weighted by Crippen LogP contribution is -1.97. The first kappa shape index (κ1) is 12.0. The SMILES string of the molecule is Fc1ccnc(OCc2cn3cc(Br)cnc3n2)c1. The molecule has 0 aromatic carbocycles. The molecule has 5 nitrogen and oxygen atoms in total. The molecule has 0 bridgehead atoms. The number of nitrogens with zero attached hydrogens (tertiary/aromatic N) is 4. The molecule has 0 atom stereocenters. The van der Waals surface area contributed by atoms with E-state index < -0.39 is 0 Å². The molecular weight excluding hydrogens is 315 g/mol. The standard InChI is InChI=1S/C12H8BrFN4O/c13-8-4-16-12-17-10(6-18(12)5-8)7-19-11-3-9(14)1-2-15-11/h1-6H,7H2. The first-order valence-electron chi connectivity index (χ1n) is 5.44. The van der Waals surface area contributed by atoms with Crippen molar-refractivity contribution in [2.45, 2.75) is 6.61 Å². The first-order chi connectivity index (χ1) is 9.20. The molecule has 7 heteroatoms. The van der Waals surface area contributed by atoms with Gasteiger partial charge in [-0.2, -0.15) is 0 Å². The fourth-order valence-electron chi connectivity index (χ4n) is 1.59.